The first-order chi connectivity index (χ1) is 13.5. The molecule has 28 heavy (non-hydrogen) atoms. The maximum Gasteiger partial charge on any atom is 0.229 e. The van der Waals surface area contributed by atoms with E-state index in [1.165, 1.54) is 5.56 Å². The minimum absolute atomic E-state index is 0.00225. The van der Waals surface area contributed by atoms with Crippen LogP contribution in [-0.4, -0.2) is 48.8 Å². The van der Waals surface area contributed by atoms with Gasteiger partial charge in [0, 0.05) is 25.3 Å². The van der Waals surface area contributed by atoms with Crippen LogP contribution in [0.4, 0.5) is 5.69 Å². The number of hydrogen-bond donors (Lipinski definition) is 1. The summed E-state index contributed by atoms with van der Waals surface area (Å²) in [5.41, 5.74) is 3.02. The van der Waals surface area contributed by atoms with Crippen molar-refractivity contribution in [3.63, 3.8) is 0 Å². The van der Waals surface area contributed by atoms with Gasteiger partial charge in [-0.15, -0.1) is 0 Å². The molecule has 3 rings (SSSR count). The summed E-state index contributed by atoms with van der Waals surface area (Å²) in [4.78, 5) is 29.3. The highest BCUT2D eigenvalue weighted by Gasteiger charge is 2.28. The summed E-state index contributed by atoms with van der Waals surface area (Å²) in [5, 5.41) is 3.01. The van der Waals surface area contributed by atoms with E-state index in [-0.39, 0.29) is 17.7 Å². The van der Waals surface area contributed by atoms with Gasteiger partial charge in [0.25, 0.3) is 0 Å². The second-order valence-electron chi connectivity index (χ2n) is 7.77. The van der Waals surface area contributed by atoms with E-state index >= 15 is 0 Å². The van der Waals surface area contributed by atoms with E-state index in [0.29, 0.717) is 13.0 Å². The topological polar surface area (TPSA) is 52.7 Å². The number of hydrogen-bond acceptors (Lipinski definition) is 3. The van der Waals surface area contributed by atoms with Gasteiger partial charge >= 0.3 is 0 Å². The smallest absolute Gasteiger partial charge is 0.229 e. The largest absolute Gasteiger partial charge is 0.342 e. The van der Waals surface area contributed by atoms with Crippen LogP contribution in [0, 0.1) is 5.92 Å². The number of likely N-dealkylation sites (tertiary alicyclic amines) is 1. The lowest BCUT2D eigenvalue weighted by Gasteiger charge is -2.32. The Balaban J connectivity index is 1.54. The minimum atomic E-state index is -0.157. The zero-order valence-electron chi connectivity index (χ0n) is 16.7. The Bertz CT molecular complexity index is 787. The standard InChI is InChI=1S/C23H29N3O2/c1-25(2)16-19-10-12-21(13-11-19)24-23(28)20-9-6-14-26(17-20)22(27)15-18-7-4-3-5-8-18/h3-5,7-8,10-13,20H,6,9,14-17H2,1-2H3,(H,24,28)/t20-/m1/s1. The summed E-state index contributed by atoms with van der Waals surface area (Å²) in [5.74, 6) is -0.0655. The van der Waals surface area contributed by atoms with E-state index in [2.05, 4.69) is 10.2 Å². The number of nitrogens with one attached hydrogen (secondary N) is 1. The van der Waals surface area contributed by atoms with Crippen molar-refractivity contribution < 1.29 is 9.59 Å². The summed E-state index contributed by atoms with van der Waals surface area (Å²) >= 11 is 0. The molecule has 0 aromatic heterocycles. The first-order valence-electron chi connectivity index (χ1n) is 9.87. The molecule has 0 saturated carbocycles. The normalized spacial score (nSPS) is 16.8. The summed E-state index contributed by atoms with van der Waals surface area (Å²) in [7, 11) is 4.06. The molecule has 2 amide bonds. The van der Waals surface area contributed by atoms with E-state index in [1.54, 1.807) is 0 Å². The number of carbonyl (C=O) groups excluding carboxylic acids is 2. The van der Waals surface area contributed by atoms with E-state index < -0.39 is 0 Å². The molecule has 5 heteroatoms. The second kappa shape index (κ2) is 9.51. The van der Waals surface area contributed by atoms with Crippen molar-refractivity contribution in [1.82, 2.24) is 9.80 Å². The molecule has 148 valence electrons. The average Bonchev–Trinajstić information content (AvgIpc) is 2.70. The second-order valence-corrected chi connectivity index (χ2v) is 7.77. The fourth-order valence-electron chi connectivity index (χ4n) is 3.60. The van der Waals surface area contributed by atoms with Crippen LogP contribution in [-0.2, 0) is 22.6 Å². The van der Waals surface area contributed by atoms with Gasteiger partial charge in [-0.25, -0.2) is 0 Å². The number of nitrogens with zero attached hydrogens (tertiary/aromatic N) is 2. The molecule has 0 aliphatic carbocycles. The lowest BCUT2D eigenvalue weighted by atomic mass is 9.96. The fourth-order valence-corrected chi connectivity index (χ4v) is 3.60. The van der Waals surface area contributed by atoms with Gasteiger partial charge in [-0.1, -0.05) is 42.5 Å². The van der Waals surface area contributed by atoms with Crippen LogP contribution in [0.15, 0.2) is 54.6 Å². The van der Waals surface area contributed by atoms with Crippen LogP contribution in [0.3, 0.4) is 0 Å². The van der Waals surface area contributed by atoms with Crippen molar-refractivity contribution in [3.05, 3.63) is 65.7 Å². The number of benzene rings is 2. The Morgan fingerprint density at radius 3 is 2.43 bits per heavy atom. The number of carbonyl (C=O) groups is 2. The zero-order valence-corrected chi connectivity index (χ0v) is 16.7. The predicted molar refractivity (Wildman–Crippen MR) is 112 cm³/mol. The molecule has 0 spiro atoms. The highest BCUT2D eigenvalue weighted by molar-refractivity contribution is 5.93. The van der Waals surface area contributed by atoms with Gasteiger partial charge in [-0.3, -0.25) is 9.59 Å². The third-order valence-electron chi connectivity index (χ3n) is 5.06. The molecule has 5 nitrogen and oxygen atoms in total. The van der Waals surface area contributed by atoms with E-state index in [1.807, 2.05) is 73.6 Å². The van der Waals surface area contributed by atoms with Crippen LogP contribution in [0.5, 0.6) is 0 Å². The molecule has 0 radical (unpaired) electrons. The van der Waals surface area contributed by atoms with Crippen molar-refractivity contribution in [3.8, 4) is 0 Å². The summed E-state index contributed by atoms with van der Waals surface area (Å²) in [6, 6.07) is 17.7. The Morgan fingerprint density at radius 2 is 1.75 bits per heavy atom. The van der Waals surface area contributed by atoms with Crippen LogP contribution >= 0.6 is 0 Å². The molecule has 1 N–H and O–H groups in total. The third kappa shape index (κ3) is 5.67. The number of piperidine rings is 1. The van der Waals surface area contributed by atoms with Crippen molar-refractivity contribution >= 4 is 17.5 Å². The first-order valence-corrected chi connectivity index (χ1v) is 9.87. The molecule has 1 saturated heterocycles. The molecule has 1 aliphatic heterocycles. The van der Waals surface area contributed by atoms with Gasteiger partial charge in [0.1, 0.15) is 0 Å². The maximum absolute atomic E-state index is 12.7. The van der Waals surface area contributed by atoms with Crippen molar-refractivity contribution in [1.29, 1.82) is 0 Å². The van der Waals surface area contributed by atoms with E-state index in [9.17, 15) is 9.59 Å². The summed E-state index contributed by atoms with van der Waals surface area (Å²) in [6.45, 7) is 2.10. The van der Waals surface area contributed by atoms with Gasteiger partial charge in [-0.2, -0.15) is 0 Å². The third-order valence-corrected chi connectivity index (χ3v) is 5.06. The van der Waals surface area contributed by atoms with Gasteiger partial charge in [0.05, 0.1) is 12.3 Å². The minimum Gasteiger partial charge on any atom is -0.342 e. The molecule has 1 fully saturated rings. The Labute approximate surface area is 167 Å². The highest BCUT2D eigenvalue weighted by Crippen LogP contribution is 2.20. The molecule has 2 aromatic carbocycles. The highest BCUT2D eigenvalue weighted by atomic mass is 16.2. The Morgan fingerprint density at radius 1 is 1.04 bits per heavy atom. The lowest BCUT2D eigenvalue weighted by Crippen LogP contribution is -2.44. The molecular weight excluding hydrogens is 350 g/mol. The van der Waals surface area contributed by atoms with Crippen LogP contribution < -0.4 is 5.32 Å². The van der Waals surface area contributed by atoms with E-state index in [4.69, 9.17) is 0 Å². The first kappa shape index (κ1) is 20.1. The fraction of sp³-hybridized carbons (Fsp3) is 0.391. The molecule has 0 unspecified atom stereocenters. The molecule has 1 atom stereocenters. The van der Waals surface area contributed by atoms with Gasteiger partial charge in [-0.05, 0) is 50.2 Å². The number of anilines is 1. The average molecular weight is 380 g/mol. The van der Waals surface area contributed by atoms with Gasteiger partial charge < -0.3 is 15.1 Å². The quantitative estimate of drug-likeness (QED) is 0.839. The molecule has 0 bridgehead atoms. The molecule has 1 aliphatic rings. The zero-order chi connectivity index (χ0) is 19.9. The Kier molecular flexibility index (Phi) is 6.82. The molecule has 1 heterocycles. The maximum atomic E-state index is 12.7. The van der Waals surface area contributed by atoms with Crippen molar-refractivity contribution in [2.24, 2.45) is 5.92 Å². The van der Waals surface area contributed by atoms with Crippen LogP contribution in [0.25, 0.3) is 0 Å². The predicted octanol–water partition coefficient (Wildman–Crippen LogP) is 3.17. The van der Waals surface area contributed by atoms with Crippen molar-refractivity contribution in [2.45, 2.75) is 25.8 Å². The van der Waals surface area contributed by atoms with Gasteiger partial charge in [0.2, 0.25) is 11.8 Å². The lowest BCUT2D eigenvalue weighted by molar-refractivity contribution is -0.133. The van der Waals surface area contributed by atoms with Crippen molar-refractivity contribution in [2.75, 3.05) is 32.5 Å². The number of amides is 2. The number of rotatable bonds is 6. The monoisotopic (exact) mass is 379 g/mol. The SMILES string of the molecule is CN(C)Cc1ccc(NC(=O)[C@@H]2CCCN(C(=O)Cc3ccccc3)C2)cc1. The van der Waals surface area contributed by atoms with Crippen LogP contribution in [0.1, 0.15) is 24.0 Å². The van der Waals surface area contributed by atoms with Crippen LogP contribution in [0.2, 0.25) is 0 Å². The Hall–Kier alpha value is -2.66. The van der Waals surface area contributed by atoms with E-state index in [0.717, 1.165) is 37.2 Å². The molecular formula is C23H29N3O2. The summed E-state index contributed by atoms with van der Waals surface area (Å²) < 4.78 is 0. The molecule has 2 aromatic rings. The van der Waals surface area contributed by atoms with Gasteiger partial charge in [0.15, 0.2) is 0 Å². The summed E-state index contributed by atoms with van der Waals surface area (Å²) in [6.07, 6.45) is 2.07.